The van der Waals surface area contributed by atoms with Crippen molar-refractivity contribution >= 4 is 11.4 Å². The average Bonchev–Trinajstić information content (AvgIpc) is 2.30. The van der Waals surface area contributed by atoms with Crippen LogP contribution in [0.4, 0.5) is 11.4 Å². The molecule has 19 heavy (non-hydrogen) atoms. The van der Waals surface area contributed by atoms with E-state index in [1.807, 2.05) is 4.98 Å². The molecule has 4 N–H and O–H groups in total. The SMILES string of the molecule is Nc1ccc(Cc2cc(=O)[nH]c(=O)[nH]2)cc1[N+](=O)[O-]. The van der Waals surface area contributed by atoms with Gasteiger partial charge in [0.1, 0.15) is 5.69 Å². The first-order valence-electron chi connectivity index (χ1n) is 5.31. The van der Waals surface area contributed by atoms with Crippen molar-refractivity contribution in [1.82, 2.24) is 9.97 Å². The van der Waals surface area contributed by atoms with Crippen molar-refractivity contribution in [3.63, 3.8) is 0 Å². The van der Waals surface area contributed by atoms with Crippen molar-refractivity contribution in [2.75, 3.05) is 5.73 Å². The van der Waals surface area contributed by atoms with Crippen LogP contribution in [0.15, 0.2) is 33.9 Å². The second kappa shape index (κ2) is 4.77. The van der Waals surface area contributed by atoms with E-state index in [1.165, 1.54) is 18.2 Å². The number of nitro groups is 1. The number of aromatic amines is 2. The number of nitrogen functional groups attached to an aromatic ring is 1. The average molecular weight is 262 g/mol. The van der Waals surface area contributed by atoms with E-state index in [0.29, 0.717) is 11.3 Å². The lowest BCUT2D eigenvalue weighted by molar-refractivity contribution is -0.383. The molecule has 0 bridgehead atoms. The number of aromatic nitrogens is 2. The van der Waals surface area contributed by atoms with Gasteiger partial charge in [-0.05, 0) is 11.6 Å². The van der Waals surface area contributed by atoms with Crippen LogP contribution < -0.4 is 17.0 Å². The van der Waals surface area contributed by atoms with Crippen LogP contribution in [-0.4, -0.2) is 14.9 Å². The Morgan fingerprint density at radius 2 is 1.95 bits per heavy atom. The third-order valence-corrected chi connectivity index (χ3v) is 2.50. The highest BCUT2D eigenvalue weighted by Crippen LogP contribution is 2.23. The highest BCUT2D eigenvalue weighted by atomic mass is 16.6. The summed E-state index contributed by atoms with van der Waals surface area (Å²) in [4.78, 5) is 36.9. The third kappa shape index (κ3) is 2.86. The molecule has 2 aromatic rings. The molecule has 0 fully saturated rings. The molecular formula is C11H10N4O4. The first kappa shape index (κ1) is 12.6. The lowest BCUT2D eigenvalue weighted by Gasteiger charge is -2.03. The molecule has 0 aliphatic heterocycles. The van der Waals surface area contributed by atoms with Gasteiger partial charge in [0.25, 0.3) is 11.2 Å². The van der Waals surface area contributed by atoms with Gasteiger partial charge >= 0.3 is 5.69 Å². The molecule has 0 amide bonds. The number of nitrogens with zero attached hydrogens (tertiary/aromatic N) is 1. The number of anilines is 1. The molecule has 0 aliphatic rings. The van der Waals surface area contributed by atoms with E-state index in [9.17, 15) is 19.7 Å². The number of nitrogens with two attached hydrogens (primary N) is 1. The summed E-state index contributed by atoms with van der Waals surface area (Å²) in [5, 5.41) is 10.7. The highest BCUT2D eigenvalue weighted by molar-refractivity contribution is 5.59. The van der Waals surface area contributed by atoms with Crippen molar-refractivity contribution in [3.05, 3.63) is 66.5 Å². The summed E-state index contributed by atoms with van der Waals surface area (Å²) in [6.07, 6.45) is 0.195. The summed E-state index contributed by atoms with van der Waals surface area (Å²) in [5.74, 6) is 0. The van der Waals surface area contributed by atoms with Crippen molar-refractivity contribution in [2.45, 2.75) is 6.42 Å². The van der Waals surface area contributed by atoms with Crippen LogP contribution in [0.25, 0.3) is 0 Å². The van der Waals surface area contributed by atoms with E-state index in [-0.39, 0.29) is 17.8 Å². The largest absolute Gasteiger partial charge is 0.393 e. The Kier molecular flexibility index (Phi) is 3.15. The number of nitro benzene ring substituents is 1. The molecule has 0 saturated carbocycles. The van der Waals surface area contributed by atoms with Gasteiger partial charge in [0.05, 0.1) is 4.92 Å². The molecule has 0 atom stereocenters. The van der Waals surface area contributed by atoms with Crippen LogP contribution in [0.2, 0.25) is 0 Å². The zero-order valence-corrected chi connectivity index (χ0v) is 9.67. The lowest BCUT2D eigenvalue weighted by Crippen LogP contribution is -2.23. The fraction of sp³-hybridized carbons (Fsp3) is 0.0909. The third-order valence-electron chi connectivity index (χ3n) is 2.50. The number of benzene rings is 1. The molecule has 0 unspecified atom stereocenters. The van der Waals surface area contributed by atoms with E-state index in [4.69, 9.17) is 5.73 Å². The summed E-state index contributed by atoms with van der Waals surface area (Å²) < 4.78 is 0. The second-order valence-electron chi connectivity index (χ2n) is 3.94. The van der Waals surface area contributed by atoms with Gasteiger partial charge in [-0.2, -0.15) is 0 Å². The Labute approximate surface area is 106 Å². The van der Waals surface area contributed by atoms with Gasteiger partial charge in [0, 0.05) is 24.2 Å². The molecule has 2 rings (SSSR count). The maximum atomic E-state index is 11.1. The molecular weight excluding hydrogens is 252 g/mol. The molecule has 98 valence electrons. The van der Waals surface area contributed by atoms with Crippen molar-refractivity contribution < 1.29 is 4.92 Å². The minimum atomic E-state index is -0.618. The normalized spacial score (nSPS) is 10.3. The van der Waals surface area contributed by atoms with E-state index in [2.05, 4.69) is 4.98 Å². The molecule has 1 aromatic carbocycles. The fourth-order valence-electron chi connectivity index (χ4n) is 1.69. The zero-order chi connectivity index (χ0) is 14.0. The Bertz CT molecular complexity index is 719. The topological polar surface area (TPSA) is 135 Å². The van der Waals surface area contributed by atoms with Crippen LogP contribution >= 0.6 is 0 Å². The summed E-state index contributed by atoms with van der Waals surface area (Å²) in [5.41, 5.74) is 5.13. The van der Waals surface area contributed by atoms with Crippen LogP contribution in [0.5, 0.6) is 0 Å². The van der Waals surface area contributed by atoms with Gasteiger partial charge in [0.2, 0.25) is 0 Å². The lowest BCUT2D eigenvalue weighted by atomic mass is 10.1. The molecule has 0 aliphatic carbocycles. The van der Waals surface area contributed by atoms with Crippen LogP contribution in [0, 0.1) is 10.1 Å². The first-order chi connectivity index (χ1) is 8.95. The Morgan fingerprint density at radius 1 is 1.21 bits per heavy atom. The van der Waals surface area contributed by atoms with Crippen LogP contribution in [0.3, 0.4) is 0 Å². The Morgan fingerprint density at radius 3 is 2.58 bits per heavy atom. The van der Waals surface area contributed by atoms with E-state index in [0.717, 1.165) is 0 Å². The molecule has 1 aromatic heterocycles. The monoisotopic (exact) mass is 262 g/mol. The number of H-pyrrole nitrogens is 2. The Hall–Kier alpha value is -2.90. The number of rotatable bonds is 3. The minimum Gasteiger partial charge on any atom is -0.393 e. The van der Waals surface area contributed by atoms with E-state index >= 15 is 0 Å². The number of hydrogen-bond donors (Lipinski definition) is 3. The van der Waals surface area contributed by atoms with Gasteiger partial charge in [-0.3, -0.25) is 19.9 Å². The van der Waals surface area contributed by atoms with E-state index in [1.54, 1.807) is 6.07 Å². The van der Waals surface area contributed by atoms with Gasteiger partial charge in [-0.25, -0.2) is 4.79 Å². The Balaban J connectivity index is 2.38. The smallest absolute Gasteiger partial charge is 0.325 e. The van der Waals surface area contributed by atoms with Gasteiger partial charge in [0.15, 0.2) is 0 Å². The van der Waals surface area contributed by atoms with Crippen molar-refractivity contribution in [2.24, 2.45) is 0 Å². The minimum absolute atomic E-state index is 0.0631. The standard InChI is InChI=1S/C11H10N4O4/c12-8-2-1-6(4-9(8)15(18)19)3-7-5-10(16)14-11(17)13-7/h1-2,4-5H,3,12H2,(H2,13,14,16,17). The first-order valence-corrected chi connectivity index (χ1v) is 5.31. The van der Waals surface area contributed by atoms with Crippen molar-refractivity contribution in [1.29, 1.82) is 0 Å². The molecule has 0 saturated heterocycles. The number of hydrogen-bond acceptors (Lipinski definition) is 5. The summed E-state index contributed by atoms with van der Waals surface area (Å²) in [6.45, 7) is 0. The molecule has 1 heterocycles. The molecule has 0 spiro atoms. The predicted molar refractivity (Wildman–Crippen MR) is 68.0 cm³/mol. The van der Waals surface area contributed by atoms with E-state index < -0.39 is 16.2 Å². The second-order valence-corrected chi connectivity index (χ2v) is 3.94. The predicted octanol–water partition coefficient (Wildman–Crippen LogP) is 0.144. The maximum absolute atomic E-state index is 11.1. The van der Waals surface area contributed by atoms with Gasteiger partial charge in [-0.15, -0.1) is 0 Å². The molecule has 8 nitrogen and oxygen atoms in total. The molecule has 0 radical (unpaired) electrons. The van der Waals surface area contributed by atoms with Crippen molar-refractivity contribution in [3.8, 4) is 0 Å². The maximum Gasteiger partial charge on any atom is 0.325 e. The summed E-state index contributed by atoms with van der Waals surface area (Å²) in [6, 6.07) is 5.55. The molecule has 8 heteroatoms. The summed E-state index contributed by atoms with van der Waals surface area (Å²) >= 11 is 0. The van der Waals surface area contributed by atoms with Gasteiger partial charge < -0.3 is 10.7 Å². The quantitative estimate of drug-likeness (QED) is 0.411. The summed E-state index contributed by atoms with van der Waals surface area (Å²) in [7, 11) is 0. The zero-order valence-electron chi connectivity index (χ0n) is 9.67. The van der Waals surface area contributed by atoms with Crippen LogP contribution in [0.1, 0.15) is 11.3 Å². The highest BCUT2D eigenvalue weighted by Gasteiger charge is 2.12. The van der Waals surface area contributed by atoms with Crippen LogP contribution in [-0.2, 0) is 6.42 Å². The fourth-order valence-corrected chi connectivity index (χ4v) is 1.69. The number of nitrogens with one attached hydrogen (secondary N) is 2. The van der Waals surface area contributed by atoms with Gasteiger partial charge in [-0.1, -0.05) is 6.07 Å².